The van der Waals surface area contributed by atoms with Crippen molar-refractivity contribution in [3.05, 3.63) is 0 Å². The van der Waals surface area contributed by atoms with Gasteiger partial charge in [-0.15, -0.1) is 0 Å². The van der Waals surface area contributed by atoms with E-state index in [-0.39, 0.29) is 5.84 Å². The van der Waals surface area contributed by atoms with Crippen LogP contribution in [0.4, 0.5) is 0 Å². The molecule has 4 heteroatoms. The van der Waals surface area contributed by atoms with Crippen LogP contribution in [0.1, 0.15) is 25.7 Å². The molecule has 0 aromatic heterocycles. The maximum absolute atomic E-state index is 8.37. The fourth-order valence-electron chi connectivity index (χ4n) is 2.17. The molecule has 0 atom stereocenters. The first-order valence-corrected chi connectivity index (χ1v) is 5.48. The predicted molar refractivity (Wildman–Crippen MR) is 55.2 cm³/mol. The van der Waals surface area contributed by atoms with Gasteiger partial charge in [0.15, 0.2) is 5.84 Å². The molecule has 0 bridgehead atoms. The Hall–Kier alpha value is -0.770. The van der Waals surface area contributed by atoms with Crippen molar-refractivity contribution in [2.45, 2.75) is 25.7 Å². The third kappa shape index (κ3) is 2.61. The van der Waals surface area contributed by atoms with Gasteiger partial charge < -0.3 is 16.3 Å². The third-order valence-corrected chi connectivity index (χ3v) is 3.27. The van der Waals surface area contributed by atoms with Gasteiger partial charge in [-0.2, -0.15) is 0 Å². The Morgan fingerprint density at radius 3 is 2.36 bits per heavy atom. The Kier molecular flexibility index (Phi) is 2.91. The average Bonchev–Trinajstić information content (AvgIpc) is 3.03. The molecular weight excluding hydrogens is 178 g/mol. The molecule has 4 nitrogen and oxygen atoms in total. The van der Waals surface area contributed by atoms with E-state index in [9.17, 15) is 0 Å². The molecule has 0 aromatic rings. The Morgan fingerprint density at radius 2 is 1.93 bits per heavy atom. The molecule has 2 aliphatic rings. The van der Waals surface area contributed by atoms with Gasteiger partial charge in [0.1, 0.15) is 0 Å². The van der Waals surface area contributed by atoms with Gasteiger partial charge in [-0.05, 0) is 50.0 Å². The van der Waals surface area contributed by atoms with Gasteiger partial charge in [-0.25, -0.2) is 0 Å². The summed E-state index contributed by atoms with van der Waals surface area (Å²) in [5.41, 5.74) is 5.38. The van der Waals surface area contributed by atoms with Gasteiger partial charge in [0, 0.05) is 0 Å². The second kappa shape index (κ2) is 4.17. The van der Waals surface area contributed by atoms with Crippen LogP contribution in [0, 0.1) is 17.8 Å². The molecule has 0 heterocycles. The third-order valence-electron chi connectivity index (χ3n) is 3.27. The van der Waals surface area contributed by atoms with Crippen molar-refractivity contribution in [2.24, 2.45) is 28.6 Å². The van der Waals surface area contributed by atoms with E-state index >= 15 is 0 Å². The van der Waals surface area contributed by atoms with Crippen LogP contribution in [0.25, 0.3) is 0 Å². The molecule has 4 N–H and O–H groups in total. The lowest BCUT2D eigenvalue weighted by Gasteiger charge is -2.15. The van der Waals surface area contributed by atoms with Crippen LogP contribution in [-0.4, -0.2) is 24.1 Å². The van der Waals surface area contributed by atoms with E-state index in [1.54, 1.807) is 0 Å². The molecule has 0 saturated heterocycles. The highest BCUT2D eigenvalue weighted by atomic mass is 16.4. The van der Waals surface area contributed by atoms with Crippen LogP contribution in [0.15, 0.2) is 5.16 Å². The maximum atomic E-state index is 8.37. The zero-order valence-corrected chi connectivity index (χ0v) is 8.45. The summed E-state index contributed by atoms with van der Waals surface area (Å²) in [6.07, 6.45) is 5.64. The number of hydrogen-bond acceptors (Lipinski definition) is 3. The van der Waals surface area contributed by atoms with Crippen molar-refractivity contribution >= 4 is 5.84 Å². The number of amidine groups is 1. The van der Waals surface area contributed by atoms with Crippen LogP contribution < -0.4 is 11.1 Å². The summed E-state index contributed by atoms with van der Waals surface area (Å²) in [5.74, 6) is 3.04. The number of nitrogens with two attached hydrogens (primary N) is 1. The highest BCUT2D eigenvalue weighted by Gasteiger charge is 2.40. The first-order valence-electron chi connectivity index (χ1n) is 5.48. The lowest BCUT2D eigenvalue weighted by Crippen LogP contribution is -2.33. The summed E-state index contributed by atoms with van der Waals surface area (Å²) in [6.45, 7) is 1.54. The summed E-state index contributed by atoms with van der Waals surface area (Å²) in [6, 6.07) is 0. The SMILES string of the molecule is NC(CNCC(C1CC1)C1CC1)=NO. The molecule has 0 amide bonds. The Morgan fingerprint density at radius 1 is 1.36 bits per heavy atom. The van der Waals surface area contributed by atoms with Gasteiger partial charge in [0.2, 0.25) is 0 Å². The molecule has 2 fully saturated rings. The molecule has 2 rings (SSSR count). The predicted octanol–water partition coefficient (Wildman–Crippen LogP) is 0.759. The topological polar surface area (TPSA) is 70.6 Å². The number of hydrogen-bond donors (Lipinski definition) is 3. The molecule has 14 heavy (non-hydrogen) atoms. The van der Waals surface area contributed by atoms with Gasteiger partial charge in [-0.3, -0.25) is 0 Å². The van der Waals surface area contributed by atoms with Crippen LogP contribution >= 0.6 is 0 Å². The fraction of sp³-hybridized carbons (Fsp3) is 0.900. The largest absolute Gasteiger partial charge is 0.409 e. The first-order chi connectivity index (χ1) is 6.81. The van der Waals surface area contributed by atoms with Crippen molar-refractivity contribution in [2.75, 3.05) is 13.1 Å². The summed E-state index contributed by atoms with van der Waals surface area (Å²) >= 11 is 0. The number of nitrogens with one attached hydrogen (secondary N) is 1. The fourth-order valence-corrected chi connectivity index (χ4v) is 2.17. The van der Waals surface area contributed by atoms with E-state index in [0.29, 0.717) is 6.54 Å². The van der Waals surface area contributed by atoms with Crippen LogP contribution in [0.3, 0.4) is 0 Å². The number of rotatable bonds is 6. The van der Waals surface area contributed by atoms with E-state index in [1.807, 2.05) is 0 Å². The first kappa shape index (κ1) is 9.77. The van der Waals surface area contributed by atoms with Crippen molar-refractivity contribution < 1.29 is 5.21 Å². The molecule has 0 aliphatic heterocycles. The van der Waals surface area contributed by atoms with Gasteiger partial charge >= 0.3 is 0 Å². The molecular formula is C10H19N3O. The zero-order valence-electron chi connectivity index (χ0n) is 8.45. The summed E-state index contributed by atoms with van der Waals surface area (Å²) in [5, 5.41) is 14.6. The van der Waals surface area contributed by atoms with E-state index in [0.717, 1.165) is 24.3 Å². The smallest absolute Gasteiger partial charge is 0.153 e. The summed E-state index contributed by atoms with van der Waals surface area (Å²) in [7, 11) is 0. The minimum Gasteiger partial charge on any atom is -0.409 e. The second-order valence-electron chi connectivity index (χ2n) is 4.56. The molecule has 0 unspecified atom stereocenters. The number of nitrogens with zero attached hydrogens (tertiary/aromatic N) is 1. The van der Waals surface area contributed by atoms with Crippen molar-refractivity contribution in [3.63, 3.8) is 0 Å². The average molecular weight is 197 g/mol. The summed E-state index contributed by atoms with van der Waals surface area (Å²) < 4.78 is 0. The van der Waals surface area contributed by atoms with Crippen molar-refractivity contribution in [3.8, 4) is 0 Å². The maximum Gasteiger partial charge on any atom is 0.153 e. The second-order valence-corrected chi connectivity index (χ2v) is 4.56. The van der Waals surface area contributed by atoms with Gasteiger partial charge in [-0.1, -0.05) is 5.16 Å². The quantitative estimate of drug-likeness (QED) is 0.255. The molecule has 2 saturated carbocycles. The standard InChI is InChI=1S/C10H19N3O/c11-10(13-14)6-12-5-9(7-1-2-7)8-3-4-8/h7-9,12,14H,1-6H2,(H2,11,13). The number of oxime groups is 1. The minimum absolute atomic E-state index is 0.273. The molecule has 80 valence electrons. The molecule has 0 radical (unpaired) electrons. The normalized spacial score (nSPS) is 23.1. The zero-order chi connectivity index (χ0) is 9.97. The highest BCUT2D eigenvalue weighted by molar-refractivity contribution is 5.81. The van der Waals surface area contributed by atoms with Crippen LogP contribution in [0.2, 0.25) is 0 Å². The Labute approximate surface area is 84.5 Å². The van der Waals surface area contributed by atoms with E-state index in [1.165, 1.54) is 25.7 Å². The van der Waals surface area contributed by atoms with E-state index in [2.05, 4.69) is 10.5 Å². The Balaban J connectivity index is 1.66. The van der Waals surface area contributed by atoms with E-state index in [4.69, 9.17) is 10.9 Å². The summed E-state index contributed by atoms with van der Waals surface area (Å²) in [4.78, 5) is 0. The van der Waals surface area contributed by atoms with Crippen molar-refractivity contribution in [1.29, 1.82) is 0 Å². The molecule has 0 aromatic carbocycles. The molecule has 2 aliphatic carbocycles. The van der Waals surface area contributed by atoms with Crippen molar-refractivity contribution in [1.82, 2.24) is 5.32 Å². The monoisotopic (exact) mass is 197 g/mol. The Bertz CT molecular complexity index is 209. The lowest BCUT2D eigenvalue weighted by molar-refractivity contribution is 0.316. The van der Waals surface area contributed by atoms with Crippen LogP contribution in [0.5, 0.6) is 0 Å². The van der Waals surface area contributed by atoms with Crippen LogP contribution in [-0.2, 0) is 0 Å². The highest BCUT2D eigenvalue weighted by Crippen LogP contribution is 2.48. The molecule has 0 spiro atoms. The minimum atomic E-state index is 0.273. The van der Waals surface area contributed by atoms with Gasteiger partial charge in [0.25, 0.3) is 0 Å². The lowest BCUT2D eigenvalue weighted by atomic mass is 9.98. The van der Waals surface area contributed by atoms with E-state index < -0.39 is 0 Å². The van der Waals surface area contributed by atoms with Gasteiger partial charge in [0.05, 0.1) is 6.54 Å².